The highest BCUT2D eigenvalue weighted by Crippen LogP contribution is 2.25. The lowest BCUT2D eigenvalue weighted by Crippen LogP contribution is -2.28. The Hall–Kier alpha value is -3.42. The first kappa shape index (κ1) is 22.4. The number of carbonyl (C=O) groups is 1. The SMILES string of the molecule is Cc1ccc(-c2cs/c(=N/N=C3\CSC(=O)N3Cc3ccccc3)n2-c2ccc(C)cc2)cc1. The van der Waals surface area contributed by atoms with Gasteiger partial charge in [0.25, 0.3) is 5.24 Å². The van der Waals surface area contributed by atoms with Crippen LogP contribution in [0.4, 0.5) is 4.79 Å². The number of rotatable bonds is 5. The maximum atomic E-state index is 12.5. The Morgan fingerprint density at radius 2 is 1.53 bits per heavy atom. The molecule has 170 valence electrons. The van der Waals surface area contributed by atoms with Crippen LogP contribution >= 0.6 is 23.1 Å². The largest absolute Gasteiger partial charge is 0.287 e. The van der Waals surface area contributed by atoms with Gasteiger partial charge in [-0.3, -0.25) is 14.3 Å². The Morgan fingerprint density at radius 3 is 2.24 bits per heavy atom. The zero-order chi connectivity index (χ0) is 23.5. The fourth-order valence-corrected chi connectivity index (χ4v) is 5.39. The number of carbonyl (C=O) groups excluding carboxylic acids is 1. The van der Waals surface area contributed by atoms with Crippen molar-refractivity contribution in [1.29, 1.82) is 0 Å². The van der Waals surface area contributed by atoms with Gasteiger partial charge in [-0.15, -0.1) is 21.5 Å². The Kier molecular flexibility index (Phi) is 6.47. The van der Waals surface area contributed by atoms with Crippen LogP contribution < -0.4 is 4.80 Å². The molecule has 2 heterocycles. The number of nitrogens with zero attached hydrogens (tertiary/aromatic N) is 4. The standard InChI is InChI=1S/C27H24N4OS2/c1-19-8-12-22(13-9-19)24-17-33-26(31(24)23-14-10-20(2)11-15-23)29-28-25-18-34-27(32)30(25)16-21-6-4-3-5-7-21/h3-15,17H,16,18H2,1-2H3/b28-25+,29-26+. The molecular weight excluding hydrogens is 460 g/mol. The van der Waals surface area contributed by atoms with Crippen LogP contribution in [0.15, 0.2) is 94.4 Å². The highest BCUT2D eigenvalue weighted by atomic mass is 32.2. The topological polar surface area (TPSA) is 50.0 Å². The molecule has 1 fully saturated rings. The number of hydrogen-bond acceptors (Lipinski definition) is 5. The molecule has 0 N–H and O–H groups in total. The summed E-state index contributed by atoms with van der Waals surface area (Å²) in [4.78, 5) is 15.0. The number of amides is 1. The van der Waals surface area contributed by atoms with Gasteiger partial charge in [0.2, 0.25) is 4.80 Å². The highest BCUT2D eigenvalue weighted by molar-refractivity contribution is 8.14. The van der Waals surface area contributed by atoms with Crippen LogP contribution in [0.1, 0.15) is 16.7 Å². The average Bonchev–Trinajstić information content (AvgIpc) is 3.43. The van der Waals surface area contributed by atoms with Crippen molar-refractivity contribution in [1.82, 2.24) is 9.47 Å². The van der Waals surface area contributed by atoms with Gasteiger partial charge in [-0.25, -0.2) is 0 Å². The lowest BCUT2D eigenvalue weighted by atomic mass is 10.1. The molecule has 1 aromatic heterocycles. The summed E-state index contributed by atoms with van der Waals surface area (Å²) >= 11 is 2.81. The summed E-state index contributed by atoms with van der Waals surface area (Å²) in [6.07, 6.45) is 0. The molecule has 0 spiro atoms. The molecule has 0 atom stereocenters. The Bertz CT molecular complexity index is 1400. The van der Waals surface area contributed by atoms with Crippen LogP contribution in [0.3, 0.4) is 0 Å². The highest BCUT2D eigenvalue weighted by Gasteiger charge is 2.28. The average molecular weight is 485 g/mol. The van der Waals surface area contributed by atoms with Crippen LogP contribution in [-0.2, 0) is 6.54 Å². The van der Waals surface area contributed by atoms with Crippen molar-refractivity contribution in [2.24, 2.45) is 10.2 Å². The predicted octanol–water partition coefficient (Wildman–Crippen LogP) is 6.41. The van der Waals surface area contributed by atoms with Crippen molar-refractivity contribution < 1.29 is 4.79 Å². The minimum Gasteiger partial charge on any atom is -0.284 e. The van der Waals surface area contributed by atoms with Crippen LogP contribution in [0, 0.1) is 13.8 Å². The molecule has 1 amide bonds. The minimum atomic E-state index is 0.00994. The fraction of sp³-hybridized carbons (Fsp3) is 0.148. The van der Waals surface area contributed by atoms with Gasteiger partial charge in [-0.1, -0.05) is 89.6 Å². The Labute approximate surface area is 207 Å². The molecule has 7 heteroatoms. The first-order valence-electron chi connectivity index (χ1n) is 11.0. The number of aryl methyl sites for hydroxylation is 2. The molecule has 0 unspecified atom stereocenters. The number of aromatic nitrogens is 1. The van der Waals surface area contributed by atoms with Gasteiger partial charge < -0.3 is 0 Å². The van der Waals surface area contributed by atoms with Crippen molar-refractivity contribution in [3.05, 3.63) is 106 Å². The number of thioether (sulfide) groups is 1. The van der Waals surface area contributed by atoms with E-state index >= 15 is 0 Å². The lowest BCUT2D eigenvalue weighted by Gasteiger charge is -2.15. The van der Waals surface area contributed by atoms with E-state index in [0.717, 1.165) is 27.3 Å². The third-order valence-corrected chi connectivity index (χ3v) is 7.32. The quantitative estimate of drug-likeness (QED) is 0.308. The van der Waals surface area contributed by atoms with Gasteiger partial charge in [0.1, 0.15) is 5.84 Å². The van der Waals surface area contributed by atoms with Crippen molar-refractivity contribution in [3.8, 4) is 16.9 Å². The van der Waals surface area contributed by atoms with Crippen molar-refractivity contribution in [3.63, 3.8) is 0 Å². The van der Waals surface area contributed by atoms with Gasteiger partial charge in [0.05, 0.1) is 18.0 Å². The summed E-state index contributed by atoms with van der Waals surface area (Å²) < 4.78 is 2.13. The van der Waals surface area contributed by atoms with E-state index in [1.807, 2.05) is 30.3 Å². The zero-order valence-corrected chi connectivity index (χ0v) is 20.6. The number of amidine groups is 1. The molecule has 0 bridgehead atoms. The van der Waals surface area contributed by atoms with E-state index in [4.69, 9.17) is 0 Å². The minimum absolute atomic E-state index is 0.00994. The van der Waals surface area contributed by atoms with E-state index in [1.54, 1.807) is 16.2 Å². The van der Waals surface area contributed by atoms with E-state index < -0.39 is 0 Å². The van der Waals surface area contributed by atoms with E-state index in [2.05, 4.69) is 82.5 Å². The molecule has 0 saturated carbocycles. The van der Waals surface area contributed by atoms with Gasteiger partial charge in [0.15, 0.2) is 0 Å². The summed E-state index contributed by atoms with van der Waals surface area (Å²) in [7, 11) is 0. The Morgan fingerprint density at radius 1 is 0.853 bits per heavy atom. The molecular formula is C27H24N4OS2. The van der Waals surface area contributed by atoms with Gasteiger partial charge in [0, 0.05) is 11.1 Å². The first-order valence-corrected chi connectivity index (χ1v) is 12.9. The predicted molar refractivity (Wildman–Crippen MR) is 141 cm³/mol. The molecule has 1 aliphatic heterocycles. The zero-order valence-electron chi connectivity index (χ0n) is 19.0. The maximum Gasteiger partial charge on any atom is 0.287 e. The van der Waals surface area contributed by atoms with Crippen LogP contribution in [0.25, 0.3) is 16.9 Å². The summed E-state index contributed by atoms with van der Waals surface area (Å²) in [5, 5.41) is 11.3. The third-order valence-electron chi connectivity index (χ3n) is 5.64. The van der Waals surface area contributed by atoms with E-state index in [-0.39, 0.29) is 5.24 Å². The van der Waals surface area contributed by atoms with Crippen LogP contribution in [0.5, 0.6) is 0 Å². The summed E-state index contributed by atoms with van der Waals surface area (Å²) in [5.41, 5.74) is 6.70. The lowest BCUT2D eigenvalue weighted by molar-refractivity contribution is 0.244. The molecule has 5 nitrogen and oxygen atoms in total. The molecule has 0 aliphatic carbocycles. The van der Waals surface area contributed by atoms with Crippen molar-refractivity contribution >= 4 is 34.2 Å². The normalized spacial score (nSPS) is 15.5. The molecule has 34 heavy (non-hydrogen) atoms. The molecule has 0 radical (unpaired) electrons. The second-order valence-electron chi connectivity index (χ2n) is 8.18. The van der Waals surface area contributed by atoms with Crippen LogP contribution in [-0.4, -0.2) is 26.3 Å². The number of thiazole rings is 1. The molecule has 4 aromatic rings. The van der Waals surface area contributed by atoms with E-state index in [1.165, 1.54) is 22.9 Å². The summed E-state index contributed by atoms with van der Waals surface area (Å²) in [6, 6.07) is 26.9. The third kappa shape index (κ3) is 4.76. The summed E-state index contributed by atoms with van der Waals surface area (Å²) in [5.74, 6) is 1.20. The van der Waals surface area contributed by atoms with E-state index in [9.17, 15) is 4.79 Å². The van der Waals surface area contributed by atoms with Gasteiger partial charge in [-0.05, 0) is 37.1 Å². The van der Waals surface area contributed by atoms with Gasteiger partial charge >= 0.3 is 0 Å². The monoisotopic (exact) mass is 484 g/mol. The van der Waals surface area contributed by atoms with Gasteiger partial charge in [-0.2, -0.15) is 0 Å². The smallest absolute Gasteiger partial charge is 0.284 e. The molecule has 1 aliphatic rings. The summed E-state index contributed by atoms with van der Waals surface area (Å²) in [6.45, 7) is 4.67. The van der Waals surface area contributed by atoms with Crippen LogP contribution in [0.2, 0.25) is 0 Å². The molecule has 5 rings (SSSR count). The molecule has 1 saturated heterocycles. The number of hydrogen-bond donors (Lipinski definition) is 0. The second-order valence-corrected chi connectivity index (χ2v) is 9.95. The fourth-order valence-electron chi connectivity index (χ4n) is 3.74. The number of benzene rings is 3. The Balaban J connectivity index is 1.57. The van der Waals surface area contributed by atoms with Crippen molar-refractivity contribution in [2.45, 2.75) is 20.4 Å². The molecule has 3 aromatic carbocycles. The first-order chi connectivity index (χ1) is 16.6. The van der Waals surface area contributed by atoms with Crippen molar-refractivity contribution in [2.75, 3.05) is 5.75 Å². The maximum absolute atomic E-state index is 12.5. The second kappa shape index (κ2) is 9.83. The van der Waals surface area contributed by atoms with E-state index in [0.29, 0.717) is 18.1 Å².